The van der Waals surface area contributed by atoms with E-state index >= 15 is 0 Å². The van der Waals surface area contributed by atoms with Gasteiger partial charge in [0.15, 0.2) is 0 Å². The van der Waals surface area contributed by atoms with Gasteiger partial charge < -0.3 is 0 Å². The second-order valence-corrected chi connectivity index (χ2v) is 3.75. The average molecular weight is 269 g/mol. The van der Waals surface area contributed by atoms with Gasteiger partial charge in [0.25, 0.3) is 0 Å². The molecule has 0 heterocycles. The van der Waals surface area contributed by atoms with Crippen LogP contribution in [0.25, 0.3) is 5.57 Å². The molecule has 0 aromatic heterocycles. The molecule has 0 spiro atoms. The second kappa shape index (κ2) is 4.89. The van der Waals surface area contributed by atoms with Crippen LogP contribution in [0.2, 0.25) is 10.0 Å². The highest BCUT2D eigenvalue weighted by Gasteiger charge is 2.34. The molecule has 0 atom stereocenters. The molecule has 1 nitrogen and oxygen atoms in total. The van der Waals surface area contributed by atoms with E-state index in [0.717, 1.165) is 12.1 Å². The molecule has 0 amide bonds. The van der Waals surface area contributed by atoms with Crippen LogP contribution in [0, 0.1) is 0 Å². The van der Waals surface area contributed by atoms with Crippen molar-refractivity contribution in [1.29, 1.82) is 0 Å². The van der Waals surface area contributed by atoms with Gasteiger partial charge in [-0.1, -0.05) is 23.2 Å². The van der Waals surface area contributed by atoms with Crippen LogP contribution in [0.3, 0.4) is 0 Å². The van der Waals surface area contributed by atoms with E-state index in [1.54, 1.807) is 0 Å². The van der Waals surface area contributed by atoms with E-state index < -0.39 is 11.7 Å². The highest BCUT2D eigenvalue weighted by Crippen LogP contribution is 2.35. The Balaban J connectivity index is 3.33. The summed E-state index contributed by atoms with van der Waals surface area (Å²) in [5, 5.41) is 0.145. The van der Waals surface area contributed by atoms with Crippen LogP contribution in [0.5, 0.6) is 0 Å². The highest BCUT2D eigenvalue weighted by atomic mass is 35.5. The van der Waals surface area contributed by atoms with E-state index in [4.69, 9.17) is 23.2 Å². The predicted molar refractivity (Wildman–Crippen MR) is 56.6 cm³/mol. The van der Waals surface area contributed by atoms with Crippen LogP contribution in [-0.4, -0.2) is 12.5 Å². The molecule has 0 aliphatic rings. The van der Waals surface area contributed by atoms with E-state index in [-0.39, 0.29) is 21.9 Å². The molecule has 0 saturated carbocycles. The third-order valence-corrected chi connectivity index (χ3v) is 2.15. The molecule has 1 aromatic rings. The summed E-state index contributed by atoms with van der Waals surface area (Å²) < 4.78 is 37.6. The number of allylic oxidation sites excluding steroid dienone is 2. The quantitative estimate of drug-likeness (QED) is 0.582. The second-order valence-electron chi connectivity index (χ2n) is 2.87. The molecule has 0 aliphatic heterocycles. The Bertz CT molecular complexity index is 418. The Morgan fingerprint density at radius 3 is 2.00 bits per heavy atom. The standard InChI is InChI=1S/C10H5Cl2F3O/c11-7-3-6(4-8(12)5-7)9(1-2-16)10(13,14)15/h1-5H. The normalized spacial score (nSPS) is 12.7. The fourth-order valence-electron chi connectivity index (χ4n) is 1.13. The molecular formula is C10H5Cl2F3O. The molecule has 1 rings (SSSR count). The van der Waals surface area contributed by atoms with Crippen molar-refractivity contribution < 1.29 is 18.0 Å². The molecule has 0 unspecified atom stereocenters. The number of rotatable bonds is 2. The monoisotopic (exact) mass is 268 g/mol. The summed E-state index contributed by atoms with van der Waals surface area (Å²) in [5.41, 5.74) is -1.32. The zero-order valence-electron chi connectivity index (χ0n) is 7.68. The SMILES string of the molecule is O=CC=C(c1cc(Cl)cc(Cl)c1)C(F)(F)F. The maximum absolute atomic E-state index is 12.5. The van der Waals surface area contributed by atoms with Gasteiger partial charge in [-0.25, -0.2) is 0 Å². The molecule has 0 radical (unpaired) electrons. The van der Waals surface area contributed by atoms with Crippen LogP contribution < -0.4 is 0 Å². The van der Waals surface area contributed by atoms with Gasteiger partial charge in [0.1, 0.15) is 6.29 Å². The highest BCUT2D eigenvalue weighted by molar-refractivity contribution is 6.34. The maximum atomic E-state index is 12.5. The van der Waals surface area contributed by atoms with Gasteiger partial charge in [-0.3, -0.25) is 4.79 Å². The summed E-state index contributed by atoms with van der Waals surface area (Å²) in [6.45, 7) is 0. The summed E-state index contributed by atoms with van der Waals surface area (Å²) in [6, 6.07) is 3.49. The van der Waals surface area contributed by atoms with Crippen molar-refractivity contribution in [3.8, 4) is 0 Å². The Morgan fingerprint density at radius 1 is 1.12 bits per heavy atom. The van der Waals surface area contributed by atoms with Gasteiger partial charge in [-0.2, -0.15) is 13.2 Å². The van der Waals surface area contributed by atoms with Gasteiger partial charge in [0.05, 0.1) is 5.57 Å². The van der Waals surface area contributed by atoms with Crippen molar-refractivity contribution in [2.75, 3.05) is 0 Å². The fourth-order valence-corrected chi connectivity index (χ4v) is 1.66. The Morgan fingerprint density at radius 2 is 1.62 bits per heavy atom. The summed E-state index contributed by atoms with van der Waals surface area (Å²) in [4.78, 5) is 10.2. The third kappa shape index (κ3) is 3.25. The molecule has 86 valence electrons. The lowest BCUT2D eigenvalue weighted by molar-refractivity contribution is -0.104. The van der Waals surface area contributed by atoms with Crippen molar-refractivity contribution >= 4 is 35.1 Å². The summed E-state index contributed by atoms with van der Waals surface area (Å²) in [7, 11) is 0. The fraction of sp³-hybridized carbons (Fsp3) is 0.100. The van der Waals surface area contributed by atoms with Crippen molar-refractivity contribution in [3.05, 3.63) is 39.9 Å². The minimum atomic E-state index is -4.63. The lowest BCUT2D eigenvalue weighted by Gasteiger charge is -2.11. The van der Waals surface area contributed by atoms with Gasteiger partial charge in [-0.15, -0.1) is 0 Å². The van der Waals surface area contributed by atoms with Crippen molar-refractivity contribution in [2.45, 2.75) is 6.18 Å². The minimum Gasteiger partial charge on any atom is -0.299 e. The topological polar surface area (TPSA) is 17.1 Å². The largest absolute Gasteiger partial charge is 0.417 e. The molecule has 16 heavy (non-hydrogen) atoms. The molecular weight excluding hydrogens is 264 g/mol. The smallest absolute Gasteiger partial charge is 0.299 e. The van der Waals surface area contributed by atoms with Crippen LogP contribution in [-0.2, 0) is 4.79 Å². The number of hydrogen-bond acceptors (Lipinski definition) is 1. The van der Waals surface area contributed by atoms with E-state index in [1.165, 1.54) is 6.07 Å². The third-order valence-electron chi connectivity index (χ3n) is 1.71. The van der Waals surface area contributed by atoms with E-state index in [2.05, 4.69) is 0 Å². The summed E-state index contributed by atoms with van der Waals surface area (Å²) in [6.07, 6.45) is -4.13. The lowest BCUT2D eigenvalue weighted by atomic mass is 10.1. The van der Waals surface area contributed by atoms with Crippen molar-refractivity contribution in [2.24, 2.45) is 0 Å². The maximum Gasteiger partial charge on any atom is 0.417 e. The number of benzene rings is 1. The summed E-state index contributed by atoms with van der Waals surface area (Å²) >= 11 is 11.2. The van der Waals surface area contributed by atoms with E-state index in [0.29, 0.717) is 6.08 Å². The number of halogens is 5. The van der Waals surface area contributed by atoms with Gasteiger partial charge in [-0.05, 0) is 29.8 Å². The Hall–Kier alpha value is -1.00. The van der Waals surface area contributed by atoms with Crippen molar-refractivity contribution in [3.63, 3.8) is 0 Å². The first-order chi connectivity index (χ1) is 7.34. The molecule has 1 aromatic carbocycles. The van der Waals surface area contributed by atoms with Crippen LogP contribution in [0.1, 0.15) is 5.56 Å². The molecule has 0 bridgehead atoms. The summed E-state index contributed by atoms with van der Waals surface area (Å²) in [5.74, 6) is 0. The number of hydrogen-bond donors (Lipinski definition) is 0. The predicted octanol–water partition coefficient (Wildman–Crippen LogP) is 4.14. The van der Waals surface area contributed by atoms with Gasteiger partial charge in [0, 0.05) is 10.0 Å². The Kier molecular flexibility index (Phi) is 3.99. The van der Waals surface area contributed by atoms with Crippen LogP contribution in [0.4, 0.5) is 13.2 Å². The van der Waals surface area contributed by atoms with Crippen LogP contribution in [0.15, 0.2) is 24.3 Å². The molecule has 6 heteroatoms. The number of carbonyl (C=O) groups excluding carboxylic acids is 1. The zero-order valence-corrected chi connectivity index (χ0v) is 9.20. The molecule has 0 aliphatic carbocycles. The molecule has 0 saturated heterocycles. The number of aldehydes is 1. The Labute approximate surface area is 99.5 Å². The van der Waals surface area contributed by atoms with Gasteiger partial charge >= 0.3 is 6.18 Å². The van der Waals surface area contributed by atoms with Crippen LogP contribution >= 0.6 is 23.2 Å². The van der Waals surface area contributed by atoms with Crippen molar-refractivity contribution in [1.82, 2.24) is 0 Å². The number of carbonyl (C=O) groups is 1. The van der Waals surface area contributed by atoms with E-state index in [9.17, 15) is 18.0 Å². The average Bonchev–Trinajstić information content (AvgIpc) is 2.10. The molecule has 0 N–H and O–H groups in total. The number of alkyl halides is 3. The molecule has 0 fully saturated rings. The van der Waals surface area contributed by atoms with Gasteiger partial charge in [0.2, 0.25) is 0 Å². The first kappa shape index (κ1) is 13.1. The lowest BCUT2D eigenvalue weighted by Crippen LogP contribution is -2.11. The van der Waals surface area contributed by atoms with E-state index in [1.807, 2.05) is 0 Å². The zero-order chi connectivity index (χ0) is 12.3. The first-order valence-electron chi connectivity index (χ1n) is 4.03. The minimum absolute atomic E-state index is 0.0671. The first-order valence-corrected chi connectivity index (χ1v) is 4.79.